The van der Waals surface area contributed by atoms with Crippen LogP contribution in [-0.2, 0) is 0 Å². The lowest BCUT2D eigenvalue weighted by Crippen LogP contribution is -2.42. The van der Waals surface area contributed by atoms with Crippen molar-refractivity contribution >= 4 is 17.7 Å². The average Bonchev–Trinajstić information content (AvgIpc) is 2.96. The standard InChI is InChI=1S/C16H20N4/c1-11-5-7-17-10-13(11)14-4-2-3-12-9-19-16-15(20(12)14)6-8-18-16/h3-4,6,8-9,11,13,17-18H,2,5,7,10H2,1H3. The molecule has 0 spiro atoms. The van der Waals surface area contributed by atoms with Gasteiger partial charge < -0.3 is 15.2 Å². The molecule has 4 rings (SSSR count). The van der Waals surface area contributed by atoms with Crippen LogP contribution in [0.25, 0.3) is 0 Å². The molecule has 4 heteroatoms. The van der Waals surface area contributed by atoms with Crippen LogP contribution in [0, 0.1) is 11.8 Å². The number of H-pyrrole nitrogens is 1. The van der Waals surface area contributed by atoms with Crippen LogP contribution >= 0.6 is 0 Å². The van der Waals surface area contributed by atoms with E-state index in [4.69, 9.17) is 0 Å². The zero-order valence-corrected chi connectivity index (χ0v) is 11.8. The lowest BCUT2D eigenvalue weighted by atomic mass is 9.83. The van der Waals surface area contributed by atoms with Gasteiger partial charge in [-0.1, -0.05) is 19.1 Å². The first-order chi connectivity index (χ1) is 9.84. The molecule has 3 aliphatic heterocycles. The number of piperidine rings is 1. The number of hydrogen-bond acceptors (Lipinski definition) is 3. The zero-order chi connectivity index (χ0) is 13.5. The van der Waals surface area contributed by atoms with Gasteiger partial charge in [0, 0.05) is 24.4 Å². The van der Waals surface area contributed by atoms with Crippen molar-refractivity contribution in [2.75, 3.05) is 18.0 Å². The van der Waals surface area contributed by atoms with Crippen molar-refractivity contribution in [3.63, 3.8) is 0 Å². The summed E-state index contributed by atoms with van der Waals surface area (Å²) in [5.74, 6) is 2.27. The van der Waals surface area contributed by atoms with Gasteiger partial charge in [0.2, 0.25) is 0 Å². The van der Waals surface area contributed by atoms with Crippen molar-refractivity contribution in [1.29, 1.82) is 0 Å². The number of aromatic nitrogens is 1. The second-order valence-electron chi connectivity index (χ2n) is 5.88. The first-order valence-electron chi connectivity index (χ1n) is 7.47. The average molecular weight is 268 g/mol. The molecule has 0 amide bonds. The van der Waals surface area contributed by atoms with Gasteiger partial charge in [0.05, 0.1) is 17.6 Å². The fraction of sp³-hybridized carbons (Fsp3) is 0.438. The van der Waals surface area contributed by atoms with Gasteiger partial charge in [0.1, 0.15) is 0 Å². The Balaban J connectivity index is 1.74. The lowest BCUT2D eigenvalue weighted by molar-refractivity contribution is 0.307. The number of anilines is 1. The smallest absolute Gasteiger partial charge is 0.154 e. The van der Waals surface area contributed by atoms with E-state index in [9.17, 15) is 0 Å². The van der Waals surface area contributed by atoms with Crippen molar-refractivity contribution in [3.05, 3.63) is 35.8 Å². The molecule has 0 saturated carbocycles. The Morgan fingerprint density at radius 3 is 3.20 bits per heavy atom. The third kappa shape index (κ3) is 1.75. The second kappa shape index (κ2) is 4.63. The van der Waals surface area contributed by atoms with Gasteiger partial charge in [-0.05, 0) is 31.4 Å². The molecule has 2 N–H and O–H groups in total. The fourth-order valence-corrected chi connectivity index (χ4v) is 3.49. The van der Waals surface area contributed by atoms with Crippen molar-refractivity contribution in [1.82, 2.24) is 10.3 Å². The van der Waals surface area contributed by atoms with Gasteiger partial charge in [-0.2, -0.15) is 0 Å². The second-order valence-corrected chi connectivity index (χ2v) is 5.88. The number of aromatic amines is 1. The molecule has 0 bridgehead atoms. The van der Waals surface area contributed by atoms with E-state index >= 15 is 0 Å². The van der Waals surface area contributed by atoms with Crippen LogP contribution in [0.3, 0.4) is 0 Å². The first-order valence-corrected chi connectivity index (χ1v) is 7.47. The summed E-state index contributed by atoms with van der Waals surface area (Å²) in [4.78, 5) is 10.1. The van der Waals surface area contributed by atoms with Gasteiger partial charge in [0.15, 0.2) is 5.82 Å². The van der Waals surface area contributed by atoms with Crippen LogP contribution in [0.2, 0.25) is 0 Å². The Morgan fingerprint density at radius 1 is 1.35 bits per heavy atom. The molecule has 3 aliphatic rings. The van der Waals surface area contributed by atoms with Gasteiger partial charge in [-0.15, -0.1) is 0 Å². The maximum absolute atomic E-state index is 4.50. The van der Waals surface area contributed by atoms with Gasteiger partial charge in [0.25, 0.3) is 0 Å². The van der Waals surface area contributed by atoms with E-state index in [0.717, 1.165) is 31.2 Å². The number of allylic oxidation sites excluding steroid dienone is 3. The summed E-state index contributed by atoms with van der Waals surface area (Å²) < 4.78 is 0. The molecular formula is C16H20N4. The highest BCUT2D eigenvalue weighted by Crippen LogP contribution is 2.41. The summed E-state index contributed by atoms with van der Waals surface area (Å²) in [6, 6.07) is 2.12. The molecule has 20 heavy (non-hydrogen) atoms. The number of nitrogens with zero attached hydrogens (tertiary/aromatic N) is 2. The van der Waals surface area contributed by atoms with E-state index in [1.807, 2.05) is 12.4 Å². The monoisotopic (exact) mass is 268 g/mol. The lowest BCUT2D eigenvalue weighted by Gasteiger charge is -2.40. The van der Waals surface area contributed by atoms with Crippen LogP contribution in [0.5, 0.6) is 0 Å². The van der Waals surface area contributed by atoms with Crippen LogP contribution in [0.15, 0.2) is 40.8 Å². The van der Waals surface area contributed by atoms with E-state index in [-0.39, 0.29) is 0 Å². The Kier molecular flexibility index (Phi) is 2.77. The molecule has 4 nitrogen and oxygen atoms in total. The Labute approximate surface area is 119 Å². The molecule has 0 aromatic carbocycles. The van der Waals surface area contributed by atoms with Crippen molar-refractivity contribution in [3.8, 4) is 0 Å². The largest absolute Gasteiger partial charge is 0.345 e. The number of fused-ring (bicyclic) bond motifs is 3. The van der Waals surface area contributed by atoms with E-state index in [2.05, 4.69) is 45.3 Å². The van der Waals surface area contributed by atoms with Gasteiger partial charge in [-0.25, -0.2) is 4.99 Å². The van der Waals surface area contributed by atoms with Crippen LogP contribution in [-0.4, -0.2) is 24.3 Å². The third-order valence-electron chi connectivity index (χ3n) is 4.65. The van der Waals surface area contributed by atoms with Crippen molar-refractivity contribution in [2.45, 2.75) is 19.8 Å². The van der Waals surface area contributed by atoms with Crippen LogP contribution < -0.4 is 10.2 Å². The van der Waals surface area contributed by atoms with Crippen molar-refractivity contribution < 1.29 is 0 Å². The van der Waals surface area contributed by atoms with Crippen LogP contribution in [0.1, 0.15) is 19.8 Å². The number of rotatable bonds is 1. The maximum atomic E-state index is 4.50. The Bertz CT molecular complexity index is 608. The summed E-state index contributed by atoms with van der Waals surface area (Å²) in [5.41, 5.74) is 3.84. The molecule has 2 atom stereocenters. The fourth-order valence-electron chi connectivity index (χ4n) is 3.49. The molecule has 4 heterocycles. The van der Waals surface area contributed by atoms with Crippen molar-refractivity contribution in [2.24, 2.45) is 16.8 Å². The maximum Gasteiger partial charge on any atom is 0.154 e. The van der Waals surface area contributed by atoms with Gasteiger partial charge in [-0.3, -0.25) is 0 Å². The molecule has 0 aliphatic carbocycles. The number of aliphatic imine (C=N–C) groups is 1. The predicted octanol–water partition coefficient (Wildman–Crippen LogP) is 2.95. The summed E-state index contributed by atoms with van der Waals surface area (Å²) in [6.45, 7) is 4.60. The topological polar surface area (TPSA) is 43.4 Å². The highest BCUT2D eigenvalue weighted by Gasteiger charge is 2.33. The quantitative estimate of drug-likeness (QED) is 0.822. The van der Waals surface area contributed by atoms with Gasteiger partial charge >= 0.3 is 0 Å². The molecule has 2 unspecified atom stereocenters. The molecule has 0 radical (unpaired) electrons. The minimum absolute atomic E-state index is 0.585. The molecular weight excluding hydrogens is 248 g/mol. The molecule has 1 aromatic rings. The summed E-state index contributed by atoms with van der Waals surface area (Å²) in [6.07, 6.45) is 10.9. The normalized spacial score (nSPS) is 28.6. The highest BCUT2D eigenvalue weighted by atomic mass is 15.2. The first kappa shape index (κ1) is 12.0. The highest BCUT2D eigenvalue weighted by molar-refractivity contribution is 5.94. The molecule has 1 saturated heterocycles. The summed E-state index contributed by atoms with van der Waals surface area (Å²) >= 11 is 0. The molecule has 1 aromatic heterocycles. The predicted molar refractivity (Wildman–Crippen MR) is 82.3 cm³/mol. The number of hydrogen-bond donors (Lipinski definition) is 2. The number of nitrogens with one attached hydrogen (secondary N) is 2. The molecule has 104 valence electrons. The zero-order valence-electron chi connectivity index (χ0n) is 11.8. The summed E-state index contributed by atoms with van der Waals surface area (Å²) in [5, 5.41) is 3.55. The SMILES string of the molecule is CC1CCNCC1C1=CCC=C2C=Nc3[nH]ccc3N21. The third-order valence-corrected chi connectivity index (χ3v) is 4.65. The Hall–Kier alpha value is -1.81. The minimum atomic E-state index is 0.585. The van der Waals surface area contributed by atoms with E-state index in [1.165, 1.54) is 23.5 Å². The van der Waals surface area contributed by atoms with E-state index < -0.39 is 0 Å². The van der Waals surface area contributed by atoms with E-state index in [1.54, 1.807) is 0 Å². The summed E-state index contributed by atoms with van der Waals surface area (Å²) in [7, 11) is 0. The Morgan fingerprint density at radius 2 is 2.30 bits per heavy atom. The van der Waals surface area contributed by atoms with E-state index in [0.29, 0.717) is 5.92 Å². The minimum Gasteiger partial charge on any atom is -0.345 e. The molecule has 1 fully saturated rings. The van der Waals surface area contributed by atoms with Crippen LogP contribution in [0.4, 0.5) is 11.5 Å².